The molecule has 12 heavy (non-hydrogen) atoms. The molecule has 1 heterocycles. The van der Waals surface area contributed by atoms with E-state index in [2.05, 4.69) is 6.58 Å². The summed E-state index contributed by atoms with van der Waals surface area (Å²) in [5, 5.41) is 0. The highest BCUT2D eigenvalue weighted by Gasteiger charge is 2.09. The average molecular weight is 166 g/mol. The Balaban J connectivity index is 2.71. The molecule has 1 rings (SSSR count). The molecule has 0 bridgehead atoms. The third kappa shape index (κ3) is 1.75. The molecule has 1 aromatic rings. The molecule has 0 saturated carbocycles. The van der Waals surface area contributed by atoms with Gasteiger partial charge in [0.05, 0.1) is 6.26 Å². The van der Waals surface area contributed by atoms with Crippen molar-refractivity contribution in [3.05, 3.63) is 30.0 Å². The number of esters is 1. The van der Waals surface area contributed by atoms with E-state index in [-0.39, 0.29) is 5.95 Å². The minimum atomic E-state index is -0.465. The highest BCUT2D eigenvalue weighted by molar-refractivity contribution is 5.88. The molecule has 0 aliphatic rings. The van der Waals surface area contributed by atoms with Crippen molar-refractivity contribution in [3.63, 3.8) is 0 Å². The lowest BCUT2D eigenvalue weighted by Crippen LogP contribution is -2.08. The van der Waals surface area contributed by atoms with E-state index < -0.39 is 5.97 Å². The number of rotatable bonds is 2. The summed E-state index contributed by atoms with van der Waals surface area (Å²) in [6.45, 7) is 6.83. The van der Waals surface area contributed by atoms with Crippen LogP contribution in [0, 0.1) is 6.92 Å². The Bertz CT molecular complexity index is 309. The highest BCUT2D eigenvalue weighted by Crippen LogP contribution is 2.18. The monoisotopic (exact) mass is 166 g/mol. The molecular weight excluding hydrogens is 156 g/mol. The first-order chi connectivity index (χ1) is 5.61. The summed E-state index contributed by atoms with van der Waals surface area (Å²) in [5.41, 5.74) is 1.15. The maximum atomic E-state index is 11.0. The smallest absolute Gasteiger partial charge is 0.340 e. The molecule has 0 amide bonds. The zero-order chi connectivity index (χ0) is 9.14. The Labute approximate surface area is 70.6 Å². The van der Waals surface area contributed by atoms with E-state index in [1.807, 2.05) is 0 Å². The van der Waals surface area contributed by atoms with Crippen molar-refractivity contribution in [2.75, 3.05) is 0 Å². The van der Waals surface area contributed by atoms with Crippen molar-refractivity contribution >= 4 is 5.97 Å². The zero-order valence-corrected chi connectivity index (χ0v) is 7.09. The van der Waals surface area contributed by atoms with Crippen LogP contribution in [0.2, 0.25) is 0 Å². The van der Waals surface area contributed by atoms with Crippen LogP contribution in [0.5, 0.6) is 5.95 Å². The van der Waals surface area contributed by atoms with Crippen LogP contribution in [-0.2, 0) is 4.79 Å². The third-order valence-corrected chi connectivity index (χ3v) is 1.35. The predicted octanol–water partition coefficient (Wildman–Crippen LogP) is 2.07. The van der Waals surface area contributed by atoms with Crippen LogP contribution in [-0.4, -0.2) is 5.97 Å². The number of hydrogen-bond acceptors (Lipinski definition) is 3. The van der Waals surface area contributed by atoms with Gasteiger partial charge in [0, 0.05) is 11.1 Å². The van der Waals surface area contributed by atoms with Gasteiger partial charge < -0.3 is 9.15 Å². The average Bonchev–Trinajstić information content (AvgIpc) is 2.36. The zero-order valence-electron chi connectivity index (χ0n) is 7.09. The number of aryl methyl sites for hydroxylation is 1. The van der Waals surface area contributed by atoms with Gasteiger partial charge >= 0.3 is 5.97 Å². The fraction of sp³-hybridized carbons (Fsp3) is 0.222. The van der Waals surface area contributed by atoms with Crippen molar-refractivity contribution in [1.82, 2.24) is 0 Å². The van der Waals surface area contributed by atoms with Gasteiger partial charge in [-0.2, -0.15) is 0 Å². The number of furan rings is 1. The summed E-state index contributed by atoms with van der Waals surface area (Å²) in [4.78, 5) is 11.0. The summed E-state index contributed by atoms with van der Waals surface area (Å²) in [5.74, 6) is -0.226. The second-order valence-corrected chi connectivity index (χ2v) is 2.56. The second-order valence-electron chi connectivity index (χ2n) is 2.56. The Hall–Kier alpha value is -1.51. The molecule has 0 atom stereocenters. The largest absolute Gasteiger partial charge is 0.434 e. The van der Waals surface area contributed by atoms with E-state index in [1.54, 1.807) is 19.9 Å². The van der Waals surface area contributed by atoms with Crippen LogP contribution in [0.25, 0.3) is 0 Å². The van der Waals surface area contributed by atoms with Gasteiger partial charge in [0.2, 0.25) is 0 Å². The van der Waals surface area contributed by atoms with Crippen LogP contribution < -0.4 is 4.74 Å². The molecule has 0 saturated heterocycles. The molecule has 0 aliphatic carbocycles. The minimum absolute atomic E-state index is 0.239. The summed E-state index contributed by atoms with van der Waals surface area (Å²) < 4.78 is 9.74. The molecule has 3 nitrogen and oxygen atoms in total. The van der Waals surface area contributed by atoms with Crippen LogP contribution in [0.4, 0.5) is 0 Å². The number of carbonyl (C=O) groups excluding carboxylic acids is 1. The first-order valence-corrected chi connectivity index (χ1v) is 3.53. The first-order valence-electron chi connectivity index (χ1n) is 3.53. The van der Waals surface area contributed by atoms with Crippen LogP contribution in [0.3, 0.4) is 0 Å². The van der Waals surface area contributed by atoms with Gasteiger partial charge in [-0.3, -0.25) is 0 Å². The van der Waals surface area contributed by atoms with Crippen molar-refractivity contribution in [1.29, 1.82) is 0 Å². The standard InChI is InChI=1S/C9H10O3/c1-6(2)8(10)12-9-7(3)4-5-11-9/h4-5H,1H2,2-3H3. The van der Waals surface area contributed by atoms with E-state index in [0.717, 1.165) is 5.56 Å². The van der Waals surface area contributed by atoms with Gasteiger partial charge in [-0.1, -0.05) is 6.58 Å². The molecule has 0 spiro atoms. The maximum Gasteiger partial charge on any atom is 0.340 e. The molecule has 0 fully saturated rings. The van der Waals surface area contributed by atoms with Crippen LogP contribution in [0.15, 0.2) is 28.9 Å². The molecule has 0 unspecified atom stereocenters. The summed E-state index contributed by atoms with van der Waals surface area (Å²) in [6, 6.07) is 1.72. The molecule has 0 N–H and O–H groups in total. The van der Waals surface area contributed by atoms with Gasteiger partial charge in [-0.15, -0.1) is 0 Å². The first kappa shape index (κ1) is 8.59. The SMILES string of the molecule is C=C(C)C(=O)Oc1occc1C. The normalized spacial score (nSPS) is 9.50. The van der Waals surface area contributed by atoms with Crippen molar-refractivity contribution in [3.8, 4) is 5.95 Å². The van der Waals surface area contributed by atoms with E-state index in [4.69, 9.17) is 9.15 Å². The number of hydrogen-bond donors (Lipinski definition) is 0. The van der Waals surface area contributed by atoms with Crippen LogP contribution >= 0.6 is 0 Å². The maximum absolute atomic E-state index is 11.0. The van der Waals surface area contributed by atoms with Gasteiger partial charge in [0.25, 0.3) is 5.95 Å². The molecular formula is C9H10O3. The molecule has 64 valence electrons. The summed E-state index contributed by atoms with van der Waals surface area (Å²) in [7, 11) is 0. The van der Waals surface area contributed by atoms with Crippen molar-refractivity contribution < 1.29 is 13.9 Å². The fourth-order valence-electron chi connectivity index (χ4n) is 0.635. The third-order valence-electron chi connectivity index (χ3n) is 1.35. The number of carbonyl (C=O) groups is 1. The van der Waals surface area contributed by atoms with Gasteiger partial charge in [0.1, 0.15) is 0 Å². The predicted molar refractivity (Wildman–Crippen MR) is 43.9 cm³/mol. The topological polar surface area (TPSA) is 39.4 Å². The summed E-state index contributed by atoms with van der Waals surface area (Å²) in [6.07, 6.45) is 1.47. The number of ether oxygens (including phenoxy) is 1. The van der Waals surface area contributed by atoms with Gasteiger partial charge in [-0.05, 0) is 19.9 Å². The Morgan fingerprint density at radius 2 is 2.33 bits per heavy atom. The van der Waals surface area contributed by atoms with Crippen molar-refractivity contribution in [2.24, 2.45) is 0 Å². The highest BCUT2D eigenvalue weighted by atomic mass is 16.6. The lowest BCUT2D eigenvalue weighted by molar-refractivity contribution is -0.131. The fourth-order valence-corrected chi connectivity index (χ4v) is 0.635. The van der Waals surface area contributed by atoms with E-state index >= 15 is 0 Å². The van der Waals surface area contributed by atoms with Gasteiger partial charge in [0.15, 0.2) is 0 Å². The lowest BCUT2D eigenvalue weighted by atomic mass is 10.3. The minimum Gasteiger partial charge on any atom is -0.434 e. The van der Waals surface area contributed by atoms with E-state index in [1.165, 1.54) is 6.26 Å². The van der Waals surface area contributed by atoms with E-state index in [0.29, 0.717) is 5.57 Å². The van der Waals surface area contributed by atoms with Crippen molar-refractivity contribution in [2.45, 2.75) is 13.8 Å². The van der Waals surface area contributed by atoms with Crippen LogP contribution in [0.1, 0.15) is 12.5 Å². The Kier molecular flexibility index (Phi) is 2.33. The van der Waals surface area contributed by atoms with Gasteiger partial charge in [-0.25, -0.2) is 4.79 Å². The molecule has 0 aromatic carbocycles. The quantitative estimate of drug-likeness (QED) is 0.498. The Morgan fingerprint density at radius 3 is 2.75 bits per heavy atom. The second kappa shape index (κ2) is 3.26. The molecule has 0 radical (unpaired) electrons. The molecule has 1 aromatic heterocycles. The summed E-state index contributed by atoms with van der Waals surface area (Å²) >= 11 is 0. The van der Waals surface area contributed by atoms with E-state index in [9.17, 15) is 4.79 Å². The molecule has 3 heteroatoms. The molecule has 0 aliphatic heterocycles. The Morgan fingerprint density at radius 1 is 1.67 bits per heavy atom. The lowest BCUT2D eigenvalue weighted by Gasteiger charge is -1.99.